The Bertz CT molecular complexity index is 713. The number of hydrogen-bond acceptors (Lipinski definition) is 4. The second kappa shape index (κ2) is 7.02. The van der Waals surface area contributed by atoms with E-state index in [1.807, 2.05) is 11.4 Å². The first-order valence-electron chi connectivity index (χ1n) is 6.26. The molecule has 1 aromatic heterocycles. The quantitative estimate of drug-likeness (QED) is 0.825. The fourth-order valence-electron chi connectivity index (χ4n) is 1.92. The van der Waals surface area contributed by atoms with Crippen molar-refractivity contribution in [3.8, 4) is 0 Å². The van der Waals surface area contributed by atoms with Gasteiger partial charge in [-0.1, -0.05) is 24.3 Å². The van der Waals surface area contributed by atoms with Crippen molar-refractivity contribution in [2.75, 3.05) is 7.05 Å². The Labute approximate surface area is 137 Å². The lowest BCUT2D eigenvalue weighted by molar-refractivity contribution is 0.281. The van der Waals surface area contributed by atoms with Gasteiger partial charge < -0.3 is 5.11 Å². The third-order valence-electron chi connectivity index (χ3n) is 3.02. The van der Waals surface area contributed by atoms with Crippen LogP contribution in [0.5, 0.6) is 0 Å². The highest BCUT2D eigenvalue weighted by Gasteiger charge is 2.19. The highest BCUT2D eigenvalue weighted by Crippen LogP contribution is 2.22. The summed E-state index contributed by atoms with van der Waals surface area (Å²) in [4.78, 5) is 0. The van der Waals surface area contributed by atoms with Crippen molar-refractivity contribution >= 4 is 37.3 Å². The number of rotatable bonds is 6. The van der Waals surface area contributed by atoms with Gasteiger partial charge in [0.2, 0.25) is 10.0 Å². The van der Waals surface area contributed by atoms with Crippen LogP contribution in [0.1, 0.15) is 16.7 Å². The molecule has 0 saturated carbocycles. The van der Waals surface area contributed by atoms with Crippen LogP contribution in [0.15, 0.2) is 39.5 Å². The van der Waals surface area contributed by atoms with Gasteiger partial charge in [-0.2, -0.15) is 0 Å². The number of hydrogen-bond donors (Lipinski definition) is 1. The Morgan fingerprint density at radius 2 is 1.95 bits per heavy atom. The molecule has 1 heterocycles. The predicted molar refractivity (Wildman–Crippen MR) is 88.5 cm³/mol. The molecule has 21 heavy (non-hydrogen) atoms. The summed E-state index contributed by atoms with van der Waals surface area (Å²) < 4.78 is 27.1. The molecule has 0 fully saturated rings. The van der Waals surface area contributed by atoms with Crippen molar-refractivity contribution < 1.29 is 13.5 Å². The minimum absolute atomic E-state index is 0.0668. The molecule has 0 bridgehead atoms. The Balaban J connectivity index is 2.09. The first kappa shape index (κ1) is 16.6. The van der Waals surface area contributed by atoms with Crippen LogP contribution >= 0.6 is 27.3 Å². The summed E-state index contributed by atoms with van der Waals surface area (Å²) >= 11 is 4.90. The zero-order chi connectivity index (χ0) is 15.5. The lowest BCUT2D eigenvalue weighted by atomic mass is 10.1. The maximum absolute atomic E-state index is 12.4. The van der Waals surface area contributed by atoms with Crippen LogP contribution < -0.4 is 0 Å². The normalized spacial score (nSPS) is 12.0. The predicted octanol–water partition coefficient (Wildman–Crippen LogP) is 2.96. The highest BCUT2D eigenvalue weighted by molar-refractivity contribution is 9.11. The molecule has 0 radical (unpaired) electrons. The van der Waals surface area contributed by atoms with Gasteiger partial charge >= 0.3 is 0 Å². The molecule has 0 aliphatic heterocycles. The fourth-order valence-corrected chi connectivity index (χ4v) is 4.29. The van der Waals surface area contributed by atoms with Crippen molar-refractivity contribution in [1.29, 1.82) is 0 Å². The molecular weight excluding hydrogens is 374 g/mol. The van der Waals surface area contributed by atoms with Gasteiger partial charge in [0.05, 0.1) is 16.1 Å². The van der Waals surface area contributed by atoms with Gasteiger partial charge in [-0.3, -0.25) is 0 Å². The molecule has 7 heteroatoms. The van der Waals surface area contributed by atoms with E-state index in [0.29, 0.717) is 17.7 Å². The van der Waals surface area contributed by atoms with Crippen molar-refractivity contribution in [3.63, 3.8) is 0 Å². The standard InChI is InChI=1S/C14H16BrNO3S2/c1-16(7-13-6-14(15)20-9-13)21(18,19)10-12-4-2-3-11(5-12)8-17/h2-6,9,17H,7-8,10H2,1H3. The molecule has 0 amide bonds. The van der Waals surface area contributed by atoms with E-state index in [2.05, 4.69) is 15.9 Å². The number of sulfonamides is 1. The minimum atomic E-state index is -3.39. The van der Waals surface area contributed by atoms with E-state index in [9.17, 15) is 8.42 Å². The Morgan fingerprint density at radius 3 is 2.57 bits per heavy atom. The number of halogens is 1. The lowest BCUT2D eigenvalue weighted by Crippen LogP contribution is -2.27. The van der Waals surface area contributed by atoms with Gasteiger partial charge in [0.15, 0.2) is 0 Å². The van der Waals surface area contributed by atoms with E-state index in [1.54, 1.807) is 31.3 Å². The van der Waals surface area contributed by atoms with Gasteiger partial charge in [-0.25, -0.2) is 12.7 Å². The second-order valence-corrected chi connectivity index (χ2v) is 9.12. The molecule has 0 saturated heterocycles. The average Bonchev–Trinajstić information content (AvgIpc) is 2.83. The molecule has 0 aliphatic carbocycles. The molecule has 0 aliphatic rings. The smallest absolute Gasteiger partial charge is 0.218 e. The molecule has 0 spiro atoms. The van der Waals surface area contributed by atoms with Crippen LogP contribution in [0.3, 0.4) is 0 Å². The lowest BCUT2D eigenvalue weighted by Gasteiger charge is -2.16. The maximum atomic E-state index is 12.4. The summed E-state index contributed by atoms with van der Waals surface area (Å²) in [7, 11) is -1.81. The van der Waals surface area contributed by atoms with E-state index in [-0.39, 0.29) is 12.4 Å². The number of aliphatic hydroxyl groups excluding tert-OH is 1. The third-order valence-corrected chi connectivity index (χ3v) is 6.36. The first-order valence-corrected chi connectivity index (χ1v) is 9.54. The fraction of sp³-hybridized carbons (Fsp3) is 0.286. The van der Waals surface area contributed by atoms with Crippen molar-refractivity contribution in [2.45, 2.75) is 18.9 Å². The molecule has 1 aromatic carbocycles. The van der Waals surface area contributed by atoms with Crippen molar-refractivity contribution in [3.05, 3.63) is 56.2 Å². The van der Waals surface area contributed by atoms with E-state index in [1.165, 1.54) is 15.6 Å². The molecule has 114 valence electrons. The molecule has 0 atom stereocenters. The first-order chi connectivity index (χ1) is 9.90. The number of nitrogens with zero attached hydrogens (tertiary/aromatic N) is 1. The van der Waals surface area contributed by atoms with Gasteiger partial charge in [0.25, 0.3) is 0 Å². The monoisotopic (exact) mass is 389 g/mol. The molecular formula is C14H16BrNO3S2. The number of aliphatic hydroxyl groups is 1. The third kappa shape index (κ3) is 4.62. The Morgan fingerprint density at radius 1 is 1.24 bits per heavy atom. The molecule has 0 unspecified atom stereocenters. The maximum Gasteiger partial charge on any atom is 0.218 e. The van der Waals surface area contributed by atoms with Gasteiger partial charge in [-0.15, -0.1) is 11.3 Å². The molecule has 4 nitrogen and oxygen atoms in total. The SMILES string of the molecule is CN(Cc1csc(Br)c1)S(=O)(=O)Cc1cccc(CO)c1. The number of benzene rings is 1. The van der Waals surface area contributed by atoms with Crippen molar-refractivity contribution in [2.24, 2.45) is 0 Å². The zero-order valence-corrected chi connectivity index (χ0v) is 14.7. The van der Waals surface area contributed by atoms with E-state index in [0.717, 1.165) is 9.35 Å². The summed E-state index contributed by atoms with van der Waals surface area (Å²) in [5, 5.41) is 11.0. The van der Waals surface area contributed by atoms with Gasteiger partial charge in [0, 0.05) is 13.6 Å². The summed E-state index contributed by atoms with van der Waals surface area (Å²) in [6.45, 7) is 0.261. The molecule has 2 rings (SSSR count). The van der Waals surface area contributed by atoms with E-state index in [4.69, 9.17) is 5.11 Å². The van der Waals surface area contributed by atoms with E-state index < -0.39 is 10.0 Å². The zero-order valence-electron chi connectivity index (χ0n) is 11.5. The van der Waals surface area contributed by atoms with Gasteiger partial charge in [0.1, 0.15) is 0 Å². The molecule has 2 aromatic rings. The van der Waals surface area contributed by atoms with E-state index >= 15 is 0 Å². The van der Waals surface area contributed by atoms with Crippen LogP contribution in [0, 0.1) is 0 Å². The largest absolute Gasteiger partial charge is 0.392 e. The van der Waals surface area contributed by atoms with Crippen molar-refractivity contribution in [1.82, 2.24) is 4.31 Å². The van der Waals surface area contributed by atoms with Crippen LogP contribution in [-0.4, -0.2) is 24.9 Å². The summed E-state index contributed by atoms with van der Waals surface area (Å²) in [5.74, 6) is -0.0668. The van der Waals surface area contributed by atoms with Crippen LogP contribution in [0.4, 0.5) is 0 Å². The van der Waals surface area contributed by atoms with Crippen LogP contribution in [-0.2, 0) is 28.9 Å². The highest BCUT2D eigenvalue weighted by atomic mass is 79.9. The summed E-state index contributed by atoms with van der Waals surface area (Å²) in [5.41, 5.74) is 2.36. The average molecular weight is 390 g/mol. The second-order valence-electron chi connectivity index (χ2n) is 4.75. The van der Waals surface area contributed by atoms with Gasteiger partial charge in [-0.05, 0) is 44.1 Å². The summed E-state index contributed by atoms with van der Waals surface area (Å²) in [6.07, 6.45) is 0. The topological polar surface area (TPSA) is 57.6 Å². The Hall–Kier alpha value is -0.730. The Kier molecular flexibility index (Phi) is 5.56. The minimum Gasteiger partial charge on any atom is -0.392 e. The summed E-state index contributed by atoms with van der Waals surface area (Å²) in [6, 6.07) is 8.91. The number of thiophene rings is 1. The van der Waals surface area contributed by atoms with Crippen LogP contribution in [0.25, 0.3) is 0 Å². The van der Waals surface area contributed by atoms with Crippen LogP contribution in [0.2, 0.25) is 0 Å². The molecule has 1 N–H and O–H groups in total.